The molecule has 23 heavy (non-hydrogen) atoms. The summed E-state index contributed by atoms with van der Waals surface area (Å²) < 4.78 is 1.96. The van der Waals surface area contributed by atoms with Crippen LogP contribution in [0.2, 0.25) is 0 Å². The Labute approximate surface area is 144 Å². The summed E-state index contributed by atoms with van der Waals surface area (Å²) in [5, 5.41) is 11.0. The zero-order valence-electron chi connectivity index (χ0n) is 13.6. The highest BCUT2D eigenvalue weighted by atomic mass is 35.5. The molecule has 1 aromatic rings. The zero-order valence-corrected chi connectivity index (χ0v) is 14.4. The molecule has 3 fully saturated rings. The van der Waals surface area contributed by atoms with Gasteiger partial charge in [-0.2, -0.15) is 5.10 Å². The van der Waals surface area contributed by atoms with E-state index in [1.54, 1.807) is 0 Å². The molecule has 1 saturated heterocycles. The van der Waals surface area contributed by atoms with Crippen LogP contribution in [-0.4, -0.2) is 35.3 Å². The molecule has 2 saturated carbocycles. The van der Waals surface area contributed by atoms with Crippen LogP contribution in [0, 0.1) is 11.3 Å². The summed E-state index contributed by atoms with van der Waals surface area (Å²) >= 11 is 0. The van der Waals surface area contributed by atoms with Gasteiger partial charge in [0.25, 0.3) is 5.91 Å². The molecule has 1 aromatic heterocycles. The first-order valence-electron chi connectivity index (χ1n) is 8.81. The second-order valence-electron chi connectivity index (χ2n) is 7.35. The Hall–Kier alpha value is -1.07. The third-order valence-corrected chi connectivity index (χ3v) is 5.88. The molecule has 3 aliphatic rings. The number of nitrogens with one attached hydrogen (secondary N) is 2. The quantitative estimate of drug-likeness (QED) is 0.867. The van der Waals surface area contributed by atoms with Crippen molar-refractivity contribution in [1.29, 1.82) is 0 Å². The maximum Gasteiger partial charge on any atom is 0.271 e. The molecule has 2 heterocycles. The monoisotopic (exact) mass is 338 g/mol. The molecule has 1 unspecified atom stereocenters. The average Bonchev–Trinajstić information content (AvgIpc) is 3.23. The van der Waals surface area contributed by atoms with Crippen molar-refractivity contribution >= 4 is 18.3 Å². The summed E-state index contributed by atoms with van der Waals surface area (Å²) in [5.74, 6) is 0.863. The predicted molar refractivity (Wildman–Crippen MR) is 92.0 cm³/mol. The van der Waals surface area contributed by atoms with Gasteiger partial charge in [-0.1, -0.05) is 6.42 Å². The third-order valence-electron chi connectivity index (χ3n) is 5.88. The van der Waals surface area contributed by atoms with Crippen LogP contribution in [0.25, 0.3) is 0 Å². The first-order chi connectivity index (χ1) is 10.8. The topological polar surface area (TPSA) is 59.0 Å². The van der Waals surface area contributed by atoms with Crippen LogP contribution >= 0.6 is 12.4 Å². The summed E-state index contributed by atoms with van der Waals surface area (Å²) in [7, 11) is 0. The molecule has 0 aromatic carbocycles. The SMILES string of the molecule is Cl.O=C(NCC1(C2CC2)CCC1)c1ccn(C2CCCNC2)n1. The molecule has 2 N–H and O–H groups in total. The largest absolute Gasteiger partial charge is 0.350 e. The lowest BCUT2D eigenvalue weighted by Crippen LogP contribution is -2.43. The predicted octanol–water partition coefficient (Wildman–Crippen LogP) is 2.54. The number of piperidine rings is 1. The molecule has 1 aliphatic heterocycles. The number of hydrogen-bond donors (Lipinski definition) is 2. The van der Waals surface area contributed by atoms with Crippen molar-refractivity contribution in [3.8, 4) is 0 Å². The van der Waals surface area contributed by atoms with Crippen molar-refractivity contribution in [3.63, 3.8) is 0 Å². The van der Waals surface area contributed by atoms with E-state index in [0.717, 1.165) is 32.0 Å². The highest BCUT2D eigenvalue weighted by Gasteiger charge is 2.48. The van der Waals surface area contributed by atoms with E-state index in [1.807, 2.05) is 16.9 Å². The van der Waals surface area contributed by atoms with Gasteiger partial charge in [-0.15, -0.1) is 12.4 Å². The maximum atomic E-state index is 12.4. The Kier molecular flexibility index (Phi) is 4.97. The van der Waals surface area contributed by atoms with Crippen LogP contribution in [-0.2, 0) is 0 Å². The molecule has 0 radical (unpaired) electrons. The summed E-state index contributed by atoms with van der Waals surface area (Å²) in [4.78, 5) is 12.4. The minimum absolute atomic E-state index is 0. The highest BCUT2D eigenvalue weighted by molar-refractivity contribution is 5.92. The number of hydrogen-bond acceptors (Lipinski definition) is 3. The molecule has 1 amide bonds. The molecular formula is C17H27ClN4O. The van der Waals surface area contributed by atoms with Crippen LogP contribution in [0.4, 0.5) is 0 Å². The Morgan fingerprint density at radius 2 is 2.17 bits per heavy atom. The van der Waals surface area contributed by atoms with E-state index in [2.05, 4.69) is 15.7 Å². The number of amides is 1. The minimum Gasteiger partial charge on any atom is -0.350 e. The lowest BCUT2D eigenvalue weighted by atomic mass is 9.65. The molecule has 6 heteroatoms. The third kappa shape index (κ3) is 3.41. The summed E-state index contributed by atoms with van der Waals surface area (Å²) in [6, 6.07) is 2.24. The number of halogens is 1. The lowest BCUT2D eigenvalue weighted by Gasteiger charge is -2.42. The van der Waals surface area contributed by atoms with E-state index < -0.39 is 0 Å². The first kappa shape index (κ1) is 16.8. The highest BCUT2D eigenvalue weighted by Crippen LogP contribution is 2.56. The van der Waals surface area contributed by atoms with Gasteiger partial charge in [-0.05, 0) is 62.5 Å². The van der Waals surface area contributed by atoms with Gasteiger partial charge < -0.3 is 10.6 Å². The van der Waals surface area contributed by atoms with Crippen LogP contribution in [0.5, 0.6) is 0 Å². The van der Waals surface area contributed by atoms with E-state index in [4.69, 9.17) is 0 Å². The smallest absolute Gasteiger partial charge is 0.271 e. The Morgan fingerprint density at radius 1 is 1.35 bits per heavy atom. The van der Waals surface area contributed by atoms with Gasteiger partial charge in [0, 0.05) is 19.3 Å². The van der Waals surface area contributed by atoms with Crippen molar-refractivity contribution in [3.05, 3.63) is 18.0 Å². The summed E-state index contributed by atoms with van der Waals surface area (Å²) in [6.45, 7) is 2.89. The van der Waals surface area contributed by atoms with E-state index in [9.17, 15) is 4.79 Å². The molecule has 5 nitrogen and oxygen atoms in total. The molecule has 0 bridgehead atoms. The van der Waals surface area contributed by atoms with Gasteiger partial charge in [-0.25, -0.2) is 0 Å². The van der Waals surface area contributed by atoms with Gasteiger partial charge in [0.05, 0.1) is 6.04 Å². The first-order valence-corrected chi connectivity index (χ1v) is 8.81. The molecular weight excluding hydrogens is 312 g/mol. The van der Waals surface area contributed by atoms with E-state index in [1.165, 1.54) is 38.5 Å². The van der Waals surface area contributed by atoms with E-state index >= 15 is 0 Å². The van der Waals surface area contributed by atoms with Crippen LogP contribution in [0.15, 0.2) is 12.3 Å². The Bertz CT molecular complexity index is 545. The standard InChI is InChI=1S/C17H26N4O.ClH/c22-16(19-12-17(7-2-8-17)13-4-5-13)15-6-10-21(20-15)14-3-1-9-18-11-14;/h6,10,13-14,18H,1-5,7-9,11-12H2,(H,19,22);1H. The van der Waals surface area contributed by atoms with Crippen LogP contribution < -0.4 is 10.6 Å². The molecule has 128 valence electrons. The van der Waals surface area contributed by atoms with Crippen molar-refractivity contribution in [2.24, 2.45) is 11.3 Å². The van der Waals surface area contributed by atoms with Crippen molar-refractivity contribution in [1.82, 2.24) is 20.4 Å². The fourth-order valence-corrected chi connectivity index (χ4v) is 4.12. The van der Waals surface area contributed by atoms with Gasteiger partial charge in [0.2, 0.25) is 0 Å². The Balaban J connectivity index is 0.00000156. The molecule has 0 spiro atoms. The molecule has 4 rings (SSSR count). The number of carbonyl (C=O) groups is 1. The van der Waals surface area contributed by atoms with Gasteiger partial charge in [0.1, 0.15) is 5.69 Å². The van der Waals surface area contributed by atoms with Crippen molar-refractivity contribution < 1.29 is 4.79 Å². The maximum absolute atomic E-state index is 12.4. The lowest BCUT2D eigenvalue weighted by molar-refractivity contribution is 0.0777. The van der Waals surface area contributed by atoms with Gasteiger partial charge in [0.15, 0.2) is 0 Å². The van der Waals surface area contributed by atoms with E-state index in [0.29, 0.717) is 17.2 Å². The number of carbonyl (C=O) groups excluding carboxylic acids is 1. The minimum atomic E-state index is -0.00514. The number of aromatic nitrogens is 2. The average molecular weight is 339 g/mol. The normalized spacial score (nSPS) is 26.0. The summed E-state index contributed by atoms with van der Waals surface area (Å²) in [5.41, 5.74) is 0.988. The zero-order chi connectivity index (χ0) is 15.0. The second-order valence-corrected chi connectivity index (χ2v) is 7.35. The number of nitrogens with zero attached hydrogens (tertiary/aromatic N) is 2. The van der Waals surface area contributed by atoms with Crippen LogP contribution in [0.3, 0.4) is 0 Å². The fourth-order valence-electron chi connectivity index (χ4n) is 4.12. The molecule has 2 aliphatic carbocycles. The van der Waals surface area contributed by atoms with Crippen LogP contribution in [0.1, 0.15) is 61.5 Å². The second kappa shape index (κ2) is 6.81. The summed E-state index contributed by atoms with van der Waals surface area (Å²) in [6.07, 6.45) is 10.9. The van der Waals surface area contributed by atoms with Gasteiger partial charge in [-0.3, -0.25) is 9.48 Å². The van der Waals surface area contributed by atoms with Crippen molar-refractivity contribution in [2.75, 3.05) is 19.6 Å². The molecule has 1 atom stereocenters. The Morgan fingerprint density at radius 3 is 2.78 bits per heavy atom. The number of rotatable bonds is 5. The van der Waals surface area contributed by atoms with Gasteiger partial charge >= 0.3 is 0 Å². The van der Waals surface area contributed by atoms with Crippen molar-refractivity contribution in [2.45, 2.75) is 51.0 Å². The fraction of sp³-hybridized carbons (Fsp3) is 0.765. The van der Waals surface area contributed by atoms with E-state index in [-0.39, 0.29) is 18.3 Å².